The van der Waals surface area contributed by atoms with E-state index in [-0.39, 0.29) is 0 Å². The fourth-order valence-electron chi connectivity index (χ4n) is 5.95. The van der Waals surface area contributed by atoms with Crippen LogP contribution in [0.5, 0.6) is 0 Å². The molecule has 2 fully saturated rings. The Bertz CT molecular complexity index is 1040. The summed E-state index contributed by atoms with van der Waals surface area (Å²) in [5.74, 6) is 1.56. The Morgan fingerprint density at radius 2 is 1.91 bits per heavy atom. The van der Waals surface area contributed by atoms with Gasteiger partial charge in [0.2, 0.25) is 5.95 Å². The third kappa shape index (κ3) is 4.73. The topological polar surface area (TPSA) is 73.1 Å². The average Bonchev–Trinajstić information content (AvgIpc) is 3.39. The number of aromatic nitrogens is 2. The molecule has 0 spiro atoms. The Balaban J connectivity index is 1.44. The maximum atomic E-state index is 13.7. The number of nitrogens with two attached hydrogens (primary N) is 1. The smallest absolute Gasteiger partial charge is 0.213 e. The van der Waals surface area contributed by atoms with Crippen LogP contribution in [0, 0.1) is 23.7 Å². The number of methoxy groups -OCH3 is 1. The number of halogens is 1. The molecular weight excluding hydrogens is 415 g/mol. The zero-order valence-corrected chi connectivity index (χ0v) is 19.2. The highest BCUT2D eigenvalue weighted by atomic mass is 19.1. The normalized spacial score (nSPS) is 29.8. The van der Waals surface area contributed by atoms with E-state index in [1.54, 1.807) is 6.07 Å². The SMILES string of the molecule is CO[C@H]1CC[C@@H](C2C=CC(c3cnc(N)c(-c4ccnc(F)c4)c3)=CC2[C@@H]2CCCN2)CC1. The Labute approximate surface area is 195 Å². The second-order valence-corrected chi connectivity index (χ2v) is 9.64. The highest BCUT2D eigenvalue weighted by Gasteiger charge is 2.37. The average molecular weight is 449 g/mol. The molecule has 0 bridgehead atoms. The maximum Gasteiger partial charge on any atom is 0.213 e. The van der Waals surface area contributed by atoms with Gasteiger partial charge in [0.25, 0.3) is 0 Å². The molecule has 0 amide bonds. The van der Waals surface area contributed by atoms with Gasteiger partial charge in [-0.3, -0.25) is 0 Å². The van der Waals surface area contributed by atoms with Crippen molar-refractivity contribution >= 4 is 11.4 Å². The lowest BCUT2D eigenvalue weighted by molar-refractivity contribution is 0.0454. The number of nitrogens with one attached hydrogen (secondary N) is 1. The second kappa shape index (κ2) is 9.74. The van der Waals surface area contributed by atoms with E-state index in [2.05, 4.69) is 33.5 Å². The third-order valence-corrected chi connectivity index (χ3v) is 7.76. The van der Waals surface area contributed by atoms with E-state index in [1.165, 1.54) is 43.5 Å². The Morgan fingerprint density at radius 3 is 2.64 bits per heavy atom. The van der Waals surface area contributed by atoms with Crippen LogP contribution >= 0.6 is 0 Å². The number of nitrogens with zero attached hydrogens (tertiary/aromatic N) is 2. The van der Waals surface area contributed by atoms with Crippen LogP contribution in [0.4, 0.5) is 10.2 Å². The van der Waals surface area contributed by atoms with Gasteiger partial charge >= 0.3 is 0 Å². The van der Waals surface area contributed by atoms with E-state index < -0.39 is 5.95 Å². The molecule has 2 aliphatic carbocycles. The number of pyridine rings is 2. The monoisotopic (exact) mass is 448 g/mol. The molecule has 3 heterocycles. The molecule has 3 aliphatic rings. The molecule has 0 aromatic carbocycles. The van der Waals surface area contributed by atoms with Gasteiger partial charge in [-0.05, 0) is 86.1 Å². The summed E-state index contributed by atoms with van der Waals surface area (Å²) in [5.41, 5.74) is 9.76. The third-order valence-electron chi connectivity index (χ3n) is 7.76. The molecule has 33 heavy (non-hydrogen) atoms. The summed E-state index contributed by atoms with van der Waals surface area (Å²) < 4.78 is 19.3. The van der Waals surface area contributed by atoms with Crippen LogP contribution in [0.15, 0.2) is 48.8 Å². The number of hydrogen-bond donors (Lipinski definition) is 2. The molecule has 1 saturated heterocycles. The molecular formula is C27H33FN4O. The largest absolute Gasteiger partial charge is 0.383 e. The van der Waals surface area contributed by atoms with Gasteiger partial charge in [0.05, 0.1) is 6.10 Å². The lowest BCUT2D eigenvalue weighted by Gasteiger charge is -2.39. The molecule has 3 atom stereocenters. The van der Waals surface area contributed by atoms with Crippen LogP contribution in [0.3, 0.4) is 0 Å². The predicted octanol–water partition coefficient (Wildman–Crippen LogP) is 5.01. The molecule has 2 aromatic rings. The molecule has 1 saturated carbocycles. The van der Waals surface area contributed by atoms with Crippen molar-refractivity contribution < 1.29 is 9.13 Å². The van der Waals surface area contributed by atoms with Crippen LogP contribution in [0.1, 0.15) is 44.1 Å². The molecule has 2 unspecified atom stereocenters. The van der Waals surface area contributed by atoms with Crippen molar-refractivity contribution in [1.29, 1.82) is 0 Å². The van der Waals surface area contributed by atoms with E-state index in [0.29, 0.717) is 41.3 Å². The lowest BCUT2D eigenvalue weighted by atomic mass is 9.68. The quantitative estimate of drug-likeness (QED) is 0.629. The van der Waals surface area contributed by atoms with Gasteiger partial charge in [-0.2, -0.15) is 4.39 Å². The number of anilines is 1. The molecule has 6 heteroatoms. The van der Waals surface area contributed by atoms with Crippen LogP contribution in [0.25, 0.3) is 16.7 Å². The van der Waals surface area contributed by atoms with E-state index in [1.807, 2.05) is 19.4 Å². The summed E-state index contributed by atoms with van der Waals surface area (Å²) in [5, 5.41) is 3.75. The first-order chi connectivity index (χ1) is 16.1. The van der Waals surface area contributed by atoms with Gasteiger partial charge < -0.3 is 15.8 Å². The molecule has 3 N–H and O–H groups in total. The zero-order valence-electron chi connectivity index (χ0n) is 19.2. The van der Waals surface area contributed by atoms with Crippen molar-refractivity contribution in [3.8, 4) is 11.1 Å². The molecule has 174 valence electrons. The fraction of sp³-hybridized carbons (Fsp3) is 0.481. The van der Waals surface area contributed by atoms with Gasteiger partial charge in [0.15, 0.2) is 0 Å². The van der Waals surface area contributed by atoms with Gasteiger partial charge in [-0.1, -0.05) is 18.2 Å². The minimum absolute atomic E-state index is 0.395. The number of ether oxygens (including phenoxy) is 1. The highest BCUT2D eigenvalue weighted by Crippen LogP contribution is 2.42. The summed E-state index contributed by atoms with van der Waals surface area (Å²) in [6, 6.07) is 5.70. The first kappa shape index (κ1) is 22.2. The van der Waals surface area contributed by atoms with Crippen molar-refractivity contribution in [2.45, 2.75) is 50.7 Å². The second-order valence-electron chi connectivity index (χ2n) is 9.64. The predicted molar refractivity (Wildman–Crippen MR) is 130 cm³/mol. The lowest BCUT2D eigenvalue weighted by Crippen LogP contribution is -2.39. The van der Waals surface area contributed by atoms with Crippen molar-refractivity contribution in [3.05, 3.63) is 60.3 Å². The van der Waals surface area contributed by atoms with Crippen LogP contribution in [0.2, 0.25) is 0 Å². The summed E-state index contributed by atoms with van der Waals surface area (Å²) in [6.07, 6.45) is 18.0. The van der Waals surface area contributed by atoms with Crippen LogP contribution in [-0.2, 0) is 4.74 Å². The number of allylic oxidation sites excluding steroid dienone is 3. The number of nitrogen functional groups attached to an aromatic ring is 1. The number of rotatable bonds is 5. The Hall–Kier alpha value is -2.57. The molecule has 5 nitrogen and oxygen atoms in total. The van der Waals surface area contributed by atoms with Gasteiger partial charge in [-0.25, -0.2) is 9.97 Å². The molecule has 5 rings (SSSR count). The van der Waals surface area contributed by atoms with Crippen LogP contribution in [-0.4, -0.2) is 35.8 Å². The molecule has 2 aromatic heterocycles. The van der Waals surface area contributed by atoms with Gasteiger partial charge in [0, 0.05) is 42.7 Å². The van der Waals surface area contributed by atoms with E-state index in [4.69, 9.17) is 10.5 Å². The van der Waals surface area contributed by atoms with Crippen LogP contribution < -0.4 is 11.1 Å². The summed E-state index contributed by atoms with van der Waals surface area (Å²) in [7, 11) is 1.83. The summed E-state index contributed by atoms with van der Waals surface area (Å²) in [4.78, 5) is 8.10. The minimum atomic E-state index is -0.521. The first-order valence-electron chi connectivity index (χ1n) is 12.2. The summed E-state index contributed by atoms with van der Waals surface area (Å²) in [6.45, 7) is 1.10. The van der Waals surface area contributed by atoms with Gasteiger partial charge in [0.1, 0.15) is 5.82 Å². The van der Waals surface area contributed by atoms with Crippen molar-refractivity contribution in [3.63, 3.8) is 0 Å². The van der Waals surface area contributed by atoms with Crippen molar-refractivity contribution in [2.75, 3.05) is 19.4 Å². The molecule has 0 radical (unpaired) electrons. The maximum absolute atomic E-state index is 13.7. The number of hydrogen-bond acceptors (Lipinski definition) is 5. The zero-order chi connectivity index (χ0) is 22.8. The minimum Gasteiger partial charge on any atom is -0.383 e. The van der Waals surface area contributed by atoms with E-state index >= 15 is 0 Å². The van der Waals surface area contributed by atoms with Gasteiger partial charge in [-0.15, -0.1) is 0 Å². The Kier molecular flexibility index (Phi) is 6.56. The van der Waals surface area contributed by atoms with Crippen molar-refractivity contribution in [1.82, 2.24) is 15.3 Å². The Morgan fingerprint density at radius 1 is 1.06 bits per heavy atom. The summed E-state index contributed by atoms with van der Waals surface area (Å²) >= 11 is 0. The van der Waals surface area contributed by atoms with E-state index in [0.717, 1.165) is 30.5 Å². The van der Waals surface area contributed by atoms with E-state index in [9.17, 15) is 4.39 Å². The first-order valence-corrected chi connectivity index (χ1v) is 12.2. The fourth-order valence-corrected chi connectivity index (χ4v) is 5.95. The molecule has 1 aliphatic heterocycles. The van der Waals surface area contributed by atoms with Crippen molar-refractivity contribution in [2.24, 2.45) is 17.8 Å². The highest BCUT2D eigenvalue weighted by molar-refractivity contribution is 5.81. The standard InChI is InChI=1S/C27H33FN4O/c1-33-21-7-4-17(5-8-21)22-9-6-18(13-24(22)25-3-2-11-30-25)20-14-23(27(29)32-16-20)19-10-12-31-26(28)15-19/h6,9-10,12-17,21-22,24-25,30H,2-5,7-8,11H2,1H3,(H2,29,32)/t17-,21+,22?,24?,25-/m0/s1.